The van der Waals surface area contributed by atoms with Crippen molar-refractivity contribution in [3.8, 4) is 11.3 Å². The van der Waals surface area contributed by atoms with Crippen molar-refractivity contribution in [2.24, 2.45) is 0 Å². The van der Waals surface area contributed by atoms with Crippen molar-refractivity contribution in [2.75, 3.05) is 5.32 Å². The summed E-state index contributed by atoms with van der Waals surface area (Å²) < 4.78 is 1.23. The monoisotopic (exact) mass is 347 g/mol. The van der Waals surface area contributed by atoms with Gasteiger partial charge in [0, 0.05) is 17.3 Å². The minimum Gasteiger partial charge on any atom is -0.324 e. The maximum atomic E-state index is 12.7. The first-order chi connectivity index (χ1) is 12.5. The van der Waals surface area contributed by atoms with E-state index in [0.29, 0.717) is 5.69 Å². The van der Waals surface area contributed by atoms with Crippen LogP contribution in [0, 0.1) is 13.8 Å². The molecule has 0 fully saturated rings. The molecule has 5 nitrogen and oxygen atoms in total. The molecule has 0 bridgehead atoms. The molecular weight excluding hydrogens is 326 g/mol. The lowest BCUT2D eigenvalue weighted by atomic mass is 10.1. The Hall–Kier alpha value is -3.21. The zero-order chi connectivity index (χ0) is 18.7. The van der Waals surface area contributed by atoms with E-state index in [0.717, 1.165) is 22.4 Å². The smallest absolute Gasteiger partial charge is 0.267 e. The van der Waals surface area contributed by atoms with E-state index >= 15 is 0 Å². The first kappa shape index (κ1) is 17.6. The summed E-state index contributed by atoms with van der Waals surface area (Å²) in [5.41, 5.74) is 3.96. The van der Waals surface area contributed by atoms with Crippen LogP contribution in [0.4, 0.5) is 5.69 Å². The Morgan fingerprint density at radius 2 is 1.62 bits per heavy atom. The highest BCUT2D eigenvalue weighted by molar-refractivity contribution is 5.94. The molecule has 1 atom stereocenters. The van der Waals surface area contributed by atoms with E-state index in [2.05, 4.69) is 10.4 Å². The molecule has 0 aliphatic rings. The molecule has 5 heteroatoms. The average molecular weight is 347 g/mol. The van der Waals surface area contributed by atoms with Gasteiger partial charge in [-0.15, -0.1) is 0 Å². The van der Waals surface area contributed by atoms with E-state index in [4.69, 9.17) is 0 Å². The number of benzene rings is 2. The summed E-state index contributed by atoms with van der Waals surface area (Å²) in [6.45, 7) is 5.55. The normalized spacial score (nSPS) is 11.8. The van der Waals surface area contributed by atoms with E-state index in [1.807, 2.05) is 62.4 Å². The summed E-state index contributed by atoms with van der Waals surface area (Å²) in [7, 11) is 0. The fraction of sp³-hybridized carbons (Fsp3) is 0.190. The van der Waals surface area contributed by atoms with Gasteiger partial charge in [0.2, 0.25) is 5.91 Å². The Balaban J connectivity index is 1.91. The molecular formula is C21H21N3O2. The van der Waals surface area contributed by atoms with Gasteiger partial charge in [-0.2, -0.15) is 5.10 Å². The van der Waals surface area contributed by atoms with E-state index in [9.17, 15) is 9.59 Å². The summed E-state index contributed by atoms with van der Waals surface area (Å²) >= 11 is 0. The molecule has 1 aromatic heterocycles. The lowest BCUT2D eigenvalue weighted by Crippen LogP contribution is -2.33. The van der Waals surface area contributed by atoms with Crippen LogP contribution in [-0.4, -0.2) is 15.7 Å². The fourth-order valence-corrected chi connectivity index (χ4v) is 2.82. The second-order valence-corrected chi connectivity index (χ2v) is 6.30. The Kier molecular flexibility index (Phi) is 4.98. The van der Waals surface area contributed by atoms with Gasteiger partial charge in [0.15, 0.2) is 0 Å². The van der Waals surface area contributed by atoms with Crippen molar-refractivity contribution in [3.05, 3.63) is 82.1 Å². The van der Waals surface area contributed by atoms with E-state index in [-0.39, 0.29) is 11.5 Å². The SMILES string of the molecule is Cc1cccc(C)c1NC(=O)[C@@H](C)n1nc(-c2ccccc2)ccc1=O. The van der Waals surface area contributed by atoms with Crippen LogP contribution in [0.25, 0.3) is 11.3 Å². The van der Waals surface area contributed by atoms with E-state index in [1.54, 1.807) is 13.0 Å². The van der Waals surface area contributed by atoms with E-state index in [1.165, 1.54) is 10.7 Å². The molecule has 132 valence electrons. The molecule has 2 aromatic carbocycles. The molecule has 0 unspecified atom stereocenters. The number of para-hydroxylation sites is 1. The number of rotatable bonds is 4. The largest absolute Gasteiger partial charge is 0.324 e. The van der Waals surface area contributed by atoms with Gasteiger partial charge in [-0.3, -0.25) is 9.59 Å². The number of carbonyl (C=O) groups excluding carboxylic acids is 1. The molecule has 0 spiro atoms. The predicted molar refractivity (Wildman–Crippen MR) is 103 cm³/mol. The first-order valence-corrected chi connectivity index (χ1v) is 8.50. The maximum absolute atomic E-state index is 12.7. The number of hydrogen-bond acceptors (Lipinski definition) is 3. The minimum absolute atomic E-state index is 0.276. The molecule has 0 aliphatic carbocycles. The van der Waals surface area contributed by atoms with Crippen LogP contribution >= 0.6 is 0 Å². The van der Waals surface area contributed by atoms with Crippen LogP contribution in [0.2, 0.25) is 0 Å². The van der Waals surface area contributed by atoms with E-state index < -0.39 is 6.04 Å². The Morgan fingerprint density at radius 3 is 2.27 bits per heavy atom. The van der Waals surface area contributed by atoms with Gasteiger partial charge in [0.1, 0.15) is 6.04 Å². The average Bonchev–Trinajstić information content (AvgIpc) is 2.65. The number of carbonyl (C=O) groups is 1. The van der Waals surface area contributed by atoms with Crippen molar-refractivity contribution in [1.82, 2.24) is 9.78 Å². The lowest BCUT2D eigenvalue weighted by molar-refractivity contribution is -0.119. The molecule has 3 aromatic rings. The third-order valence-electron chi connectivity index (χ3n) is 4.37. The zero-order valence-corrected chi connectivity index (χ0v) is 15.1. The highest BCUT2D eigenvalue weighted by Gasteiger charge is 2.19. The van der Waals surface area contributed by atoms with Gasteiger partial charge in [-0.25, -0.2) is 4.68 Å². The number of aromatic nitrogens is 2. The minimum atomic E-state index is -0.731. The number of nitrogens with zero attached hydrogens (tertiary/aromatic N) is 2. The summed E-state index contributed by atoms with van der Waals surface area (Å²) in [6, 6.07) is 17.8. The molecule has 1 heterocycles. The standard InChI is InChI=1S/C21H21N3O2/c1-14-8-7-9-15(2)20(14)22-21(26)16(3)24-19(25)13-12-18(23-24)17-10-5-4-6-11-17/h4-13,16H,1-3H3,(H,22,26)/t16-/m1/s1. The molecule has 0 radical (unpaired) electrons. The summed E-state index contributed by atoms with van der Waals surface area (Å²) in [5, 5.41) is 7.32. The topological polar surface area (TPSA) is 64.0 Å². The molecule has 3 rings (SSSR count). The molecule has 26 heavy (non-hydrogen) atoms. The molecule has 1 N–H and O–H groups in total. The van der Waals surface area contributed by atoms with Crippen molar-refractivity contribution in [1.29, 1.82) is 0 Å². The number of nitrogens with one attached hydrogen (secondary N) is 1. The highest BCUT2D eigenvalue weighted by Crippen LogP contribution is 2.21. The number of aryl methyl sites for hydroxylation is 2. The van der Waals surface area contributed by atoms with Gasteiger partial charge < -0.3 is 5.32 Å². The first-order valence-electron chi connectivity index (χ1n) is 8.50. The number of hydrogen-bond donors (Lipinski definition) is 1. The van der Waals surface area contributed by atoms with Crippen LogP contribution in [0.3, 0.4) is 0 Å². The molecule has 0 saturated heterocycles. The van der Waals surface area contributed by atoms with Crippen LogP contribution in [-0.2, 0) is 4.79 Å². The summed E-state index contributed by atoms with van der Waals surface area (Å²) in [5.74, 6) is -0.276. The van der Waals surface area contributed by atoms with Gasteiger partial charge in [0.25, 0.3) is 5.56 Å². The van der Waals surface area contributed by atoms with Crippen LogP contribution < -0.4 is 10.9 Å². The molecule has 0 saturated carbocycles. The van der Waals surface area contributed by atoms with Gasteiger partial charge in [-0.05, 0) is 38.0 Å². The van der Waals surface area contributed by atoms with Crippen molar-refractivity contribution < 1.29 is 4.79 Å². The third-order valence-corrected chi connectivity index (χ3v) is 4.37. The number of anilines is 1. The van der Waals surface area contributed by atoms with Crippen molar-refractivity contribution in [2.45, 2.75) is 26.8 Å². The Bertz CT molecular complexity index is 973. The second kappa shape index (κ2) is 7.35. The van der Waals surface area contributed by atoms with Crippen LogP contribution in [0.5, 0.6) is 0 Å². The second-order valence-electron chi connectivity index (χ2n) is 6.30. The molecule has 0 aliphatic heterocycles. The Morgan fingerprint density at radius 1 is 0.962 bits per heavy atom. The van der Waals surface area contributed by atoms with Crippen molar-refractivity contribution in [3.63, 3.8) is 0 Å². The van der Waals surface area contributed by atoms with Gasteiger partial charge in [0.05, 0.1) is 5.69 Å². The third kappa shape index (κ3) is 3.57. The van der Waals surface area contributed by atoms with Crippen LogP contribution in [0.1, 0.15) is 24.1 Å². The molecule has 1 amide bonds. The quantitative estimate of drug-likeness (QED) is 0.782. The summed E-state index contributed by atoms with van der Waals surface area (Å²) in [6.07, 6.45) is 0. The van der Waals surface area contributed by atoms with Crippen molar-refractivity contribution >= 4 is 11.6 Å². The fourth-order valence-electron chi connectivity index (χ4n) is 2.82. The highest BCUT2D eigenvalue weighted by atomic mass is 16.2. The zero-order valence-electron chi connectivity index (χ0n) is 15.1. The van der Waals surface area contributed by atoms with Gasteiger partial charge >= 0.3 is 0 Å². The van der Waals surface area contributed by atoms with Crippen LogP contribution in [0.15, 0.2) is 65.5 Å². The number of amides is 1. The van der Waals surface area contributed by atoms with Gasteiger partial charge in [-0.1, -0.05) is 48.5 Å². The Labute approximate surface area is 152 Å². The maximum Gasteiger partial charge on any atom is 0.267 e. The summed E-state index contributed by atoms with van der Waals surface area (Å²) in [4.78, 5) is 25.0. The predicted octanol–water partition coefficient (Wildman–Crippen LogP) is 3.73. The lowest BCUT2D eigenvalue weighted by Gasteiger charge is -2.17.